The molecular weight excluding hydrogens is 337 g/mol. The molecule has 0 saturated carbocycles. The zero-order valence-electron chi connectivity index (χ0n) is 13.2. The Morgan fingerprint density at radius 3 is 2.30 bits per heavy atom. The molecule has 0 aliphatic carbocycles. The van der Waals surface area contributed by atoms with Crippen molar-refractivity contribution < 1.29 is 30.8 Å². The number of alkyl halides is 3. The maximum absolute atomic E-state index is 12.2. The van der Waals surface area contributed by atoms with Crippen LogP contribution in [0.25, 0.3) is 0 Å². The number of hydrogen-bond donors (Lipinski definition) is 1. The van der Waals surface area contributed by atoms with Crippen molar-refractivity contribution in [2.45, 2.75) is 44.0 Å². The Bertz CT molecular complexity index is 659. The van der Waals surface area contributed by atoms with Gasteiger partial charge in [-0.15, -0.1) is 0 Å². The van der Waals surface area contributed by atoms with Crippen molar-refractivity contribution >= 4 is 15.9 Å². The van der Waals surface area contributed by atoms with Gasteiger partial charge in [0.2, 0.25) is 5.09 Å². The first-order chi connectivity index (χ1) is 10.2. The molecule has 1 aromatic rings. The second-order valence-electron chi connectivity index (χ2n) is 6.07. The summed E-state index contributed by atoms with van der Waals surface area (Å²) in [5.41, 5.74) is -0.751. The van der Waals surface area contributed by atoms with Gasteiger partial charge in [-0.3, -0.25) is 4.79 Å². The van der Waals surface area contributed by atoms with Crippen LogP contribution in [-0.2, 0) is 10.0 Å². The summed E-state index contributed by atoms with van der Waals surface area (Å²) in [7, 11) is -2.78. The van der Waals surface area contributed by atoms with E-state index < -0.39 is 45.7 Å². The minimum atomic E-state index is -4.39. The molecular formula is C13H19F3N2O4S. The van der Waals surface area contributed by atoms with E-state index in [0.717, 1.165) is 17.0 Å². The second kappa shape index (κ2) is 6.52. The lowest BCUT2D eigenvalue weighted by atomic mass is 10.1. The second-order valence-corrected chi connectivity index (χ2v) is 7.68. The highest BCUT2D eigenvalue weighted by atomic mass is 32.2. The molecule has 23 heavy (non-hydrogen) atoms. The van der Waals surface area contributed by atoms with E-state index in [9.17, 15) is 26.4 Å². The molecule has 10 heteroatoms. The Hall–Kier alpha value is -1.55. The maximum atomic E-state index is 12.2. The molecule has 0 fully saturated rings. The van der Waals surface area contributed by atoms with Crippen LogP contribution in [0.4, 0.5) is 13.2 Å². The van der Waals surface area contributed by atoms with Crippen molar-refractivity contribution in [3.8, 4) is 0 Å². The number of carbonyl (C=O) groups excluding carboxylic acids is 1. The van der Waals surface area contributed by atoms with Crippen LogP contribution < -0.4 is 4.72 Å². The fourth-order valence-corrected chi connectivity index (χ4v) is 2.97. The van der Waals surface area contributed by atoms with Crippen molar-refractivity contribution in [3.05, 3.63) is 17.9 Å². The van der Waals surface area contributed by atoms with E-state index in [2.05, 4.69) is 4.72 Å². The smallest absolute Gasteiger partial charge is 0.390 e. The Kier molecular flexibility index (Phi) is 5.53. The van der Waals surface area contributed by atoms with E-state index in [-0.39, 0.29) is 5.76 Å². The van der Waals surface area contributed by atoms with Gasteiger partial charge in [0.1, 0.15) is 0 Å². The average molecular weight is 356 g/mol. The third-order valence-corrected chi connectivity index (χ3v) is 4.21. The van der Waals surface area contributed by atoms with E-state index in [1.54, 1.807) is 20.8 Å². The molecule has 1 amide bonds. The van der Waals surface area contributed by atoms with E-state index >= 15 is 0 Å². The molecule has 1 rings (SSSR count). The lowest BCUT2D eigenvalue weighted by Crippen LogP contribution is -2.40. The van der Waals surface area contributed by atoms with Gasteiger partial charge < -0.3 is 9.32 Å². The summed E-state index contributed by atoms with van der Waals surface area (Å²) in [6, 6.07) is 2.20. The number of nitrogens with zero attached hydrogens (tertiary/aromatic N) is 1. The zero-order chi connectivity index (χ0) is 18.1. The molecule has 6 nitrogen and oxygen atoms in total. The lowest BCUT2D eigenvalue weighted by molar-refractivity contribution is -0.136. The molecule has 0 bridgehead atoms. The predicted octanol–water partition coefficient (Wildman–Crippen LogP) is 2.38. The SMILES string of the molecule is CN(CCC(F)(F)F)C(=O)c1ccc(S(=O)(=O)NC(C)(C)C)o1. The van der Waals surface area contributed by atoms with Crippen molar-refractivity contribution in [2.24, 2.45) is 0 Å². The molecule has 0 atom stereocenters. The minimum absolute atomic E-state index is 0.344. The van der Waals surface area contributed by atoms with Crippen LogP contribution in [-0.4, -0.2) is 44.5 Å². The van der Waals surface area contributed by atoms with E-state index in [0.29, 0.717) is 0 Å². The Morgan fingerprint density at radius 2 is 1.83 bits per heavy atom. The average Bonchev–Trinajstić information content (AvgIpc) is 2.81. The molecule has 132 valence electrons. The highest BCUT2D eigenvalue weighted by molar-refractivity contribution is 7.89. The largest absolute Gasteiger partial charge is 0.438 e. The first kappa shape index (κ1) is 19.5. The van der Waals surface area contributed by atoms with Gasteiger partial charge in [-0.05, 0) is 32.9 Å². The Labute approximate surface area is 132 Å². The standard InChI is InChI=1S/C13H19F3N2O4S/c1-12(2,3)17-23(20,21)10-6-5-9(22-10)11(19)18(4)8-7-13(14,15)16/h5-6,17H,7-8H2,1-4H3. The number of sulfonamides is 1. The van der Waals surface area contributed by atoms with Crippen LogP contribution in [0.5, 0.6) is 0 Å². The van der Waals surface area contributed by atoms with Gasteiger partial charge in [0.15, 0.2) is 5.76 Å². The normalized spacial score (nSPS) is 13.2. The first-order valence-corrected chi connectivity index (χ1v) is 8.16. The molecule has 0 aromatic carbocycles. The third-order valence-electron chi connectivity index (χ3n) is 2.57. The molecule has 1 heterocycles. The number of carbonyl (C=O) groups is 1. The predicted molar refractivity (Wildman–Crippen MR) is 76.4 cm³/mol. The van der Waals surface area contributed by atoms with Gasteiger partial charge in [0.25, 0.3) is 15.9 Å². The Morgan fingerprint density at radius 1 is 1.26 bits per heavy atom. The molecule has 1 aromatic heterocycles. The molecule has 0 aliphatic rings. The topological polar surface area (TPSA) is 79.6 Å². The highest BCUT2D eigenvalue weighted by Crippen LogP contribution is 2.21. The molecule has 0 radical (unpaired) electrons. The highest BCUT2D eigenvalue weighted by Gasteiger charge is 2.30. The molecule has 0 spiro atoms. The van der Waals surface area contributed by atoms with Gasteiger partial charge >= 0.3 is 6.18 Å². The van der Waals surface area contributed by atoms with E-state index in [4.69, 9.17) is 4.42 Å². The maximum Gasteiger partial charge on any atom is 0.390 e. The Balaban J connectivity index is 2.85. The molecule has 0 saturated heterocycles. The summed E-state index contributed by atoms with van der Waals surface area (Å²) in [5, 5.41) is -0.472. The summed E-state index contributed by atoms with van der Waals surface area (Å²) in [5.74, 6) is -1.17. The zero-order valence-corrected chi connectivity index (χ0v) is 14.0. The number of furan rings is 1. The van der Waals surface area contributed by atoms with Gasteiger partial charge in [-0.2, -0.15) is 13.2 Å². The third kappa shape index (κ3) is 6.22. The van der Waals surface area contributed by atoms with Crippen molar-refractivity contribution in [1.29, 1.82) is 0 Å². The van der Waals surface area contributed by atoms with Crippen LogP contribution in [0.1, 0.15) is 37.7 Å². The quantitative estimate of drug-likeness (QED) is 0.878. The number of halogens is 3. The fraction of sp³-hybridized carbons (Fsp3) is 0.615. The van der Waals surface area contributed by atoms with Crippen molar-refractivity contribution in [3.63, 3.8) is 0 Å². The minimum Gasteiger partial charge on any atom is -0.438 e. The van der Waals surface area contributed by atoms with Gasteiger partial charge in [0, 0.05) is 19.1 Å². The number of hydrogen-bond acceptors (Lipinski definition) is 4. The summed E-state index contributed by atoms with van der Waals surface area (Å²) >= 11 is 0. The summed E-state index contributed by atoms with van der Waals surface area (Å²) in [6.07, 6.45) is -5.55. The summed E-state index contributed by atoms with van der Waals surface area (Å²) < 4.78 is 67.8. The van der Waals surface area contributed by atoms with Gasteiger partial charge in [-0.1, -0.05) is 0 Å². The monoisotopic (exact) mass is 356 g/mol. The first-order valence-electron chi connectivity index (χ1n) is 6.67. The number of rotatable bonds is 5. The molecule has 0 unspecified atom stereocenters. The van der Waals surface area contributed by atoms with Crippen LogP contribution in [0.2, 0.25) is 0 Å². The summed E-state index contributed by atoms with van der Waals surface area (Å²) in [4.78, 5) is 12.8. The number of nitrogens with one attached hydrogen (secondary N) is 1. The number of amides is 1. The fourth-order valence-electron chi connectivity index (χ4n) is 1.62. The van der Waals surface area contributed by atoms with E-state index in [1.807, 2.05) is 0 Å². The molecule has 1 N–H and O–H groups in total. The van der Waals surface area contributed by atoms with Crippen LogP contribution in [0.15, 0.2) is 21.6 Å². The van der Waals surface area contributed by atoms with Crippen molar-refractivity contribution in [2.75, 3.05) is 13.6 Å². The van der Waals surface area contributed by atoms with Crippen molar-refractivity contribution in [1.82, 2.24) is 9.62 Å². The van der Waals surface area contributed by atoms with Crippen LogP contribution in [0.3, 0.4) is 0 Å². The summed E-state index contributed by atoms with van der Waals surface area (Å²) in [6.45, 7) is 4.34. The lowest BCUT2D eigenvalue weighted by Gasteiger charge is -2.19. The van der Waals surface area contributed by atoms with Gasteiger partial charge in [0.05, 0.1) is 6.42 Å². The molecule has 0 aliphatic heterocycles. The van der Waals surface area contributed by atoms with E-state index in [1.165, 1.54) is 7.05 Å². The van der Waals surface area contributed by atoms with Crippen LogP contribution >= 0.6 is 0 Å². The van der Waals surface area contributed by atoms with Gasteiger partial charge in [-0.25, -0.2) is 13.1 Å². The van der Waals surface area contributed by atoms with Crippen LogP contribution in [0, 0.1) is 0 Å².